The van der Waals surface area contributed by atoms with E-state index in [1.54, 1.807) is 24.3 Å². The quantitative estimate of drug-likeness (QED) is 0.840. The molecule has 0 saturated heterocycles. The monoisotopic (exact) mass is 269 g/mol. The van der Waals surface area contributed by atoms with Crippen molar-refractivity contribution in [2.45, 2.75) is 0 Å². The van der Waals surface area contributed by atoms with Crippen LogP contribution in [-0.2, 0) is 0 Å². The molecule has 1 aromatic carbocycles. The van der Waals surface area contributed by atoms with Crippen LogP contribution in [0.4, 0.5) is 0 Å². The molecule has 92 valence electrons. The van der Waals surface area contributed by atoms with Crippen molar-refractivity contribution >= 4 is 11.6 Å². The van der Waals surface area contributed by atoms with E-state index in [4.69, 9.17) is 26.9 Å². The lowest BCUT2D eigenvalue weighted by Gasteiger charge is -2.08. The Morgan fingerprint density at radius 3 is 2.42 bits per heavy atom. The van der Waals surface area contributed by atoms with Crippen LogP contribution in [0, 0.1) is 22.7 Å². The molecule has 0 bridgehead atoms. The molecule has 0 unspecified atom stereocenters. The smallest absolute Gasteiger partial charge is 0.213 e. The van der Waals surface area contributed by atoms with Crippen molar-refractivity contribution in [1.29, 1.82) is 10.5 Å². The summed E-state index contributed by atoms with van der Waals surface area (Å²) in [5, 5.41) is 18.8. The molecular weight excluding hydrogens is 262 g/mol. The van der Waals surface area contributed by atoms with Crippen molar-refractivity contribution in [3.63, 3.8) is 0 Å². The van der Waals surface area contributed by atoms with E-state index < -0.39 is 0 Å². The van der Waals surface area contributed by atoms with Crippen LogP contribution >= 0.6 is 11.6 Å². The average Bonchev–Trinajstić information content (AvgIpc) is 2.46. The lowest BCUT2D eigenvalue weighted by Crippen LogP contribution is -1.93. The highest BCUT2D eigenvalue weighted by Crippen LogP contribution is 2.30. The lowest BCUT2D eigenvalue weighted by atomic mass is 9.98. The summed E-state index contributed by atoms with van der Waals surface area (Å²) in [4.78, 5) is 3.97. The number of aromatic nitrogens is 1. The first-order valence-electron chi connectivity index (χ1n) is 5.33. The van der Waals surface area contributed by atoms with E-state index in [9.17, 15) is 0 Å². The van der Waals surface area contributed by atoms with Crippen LogP contribution in [0.3, 0.4) is 0 Å². The Kier molecular flexibility index (Phi) is 3.66. The van der Waals surface area contributed by atoms with Gasteiger partial charge in [0, 0.05) is 28.4 Å². The number of nitrogens with zero attached hydrogens (tertiary/aromatic N) is 3. The van der Waals surface area contributed by atoms with Gasteiger partial charge >= 0.3 is 0 Å². The third-order valence-electron chi connectivity index (χ3n) is 2.60. The molecular formula is C14H8ClN3O. The van der Waals surface area contributed by atoms with Crippen molar-refractivity contribution in [2.75, 3.05) is 7.11 Å². The Bertz CT molecular complexity index is 714. The molecule has 0 aliphatic rings. The van der Waals surface area contributed by atoms with Gasteiger partial charge in [-0.3, -0.25) is 0 Å². The number of benzene rings is 1. The topological polar surface area (TPSA) is 69.7 Å². The number of ether oxygens (including phenoxy) is 1. The van der Waals surface area contributed by atoms with Gasteiger partial charge in [-0.15, -0.1) is 0 Å². The maximum atomic E-state index is 9.14. The number of pyridine rings is 1. The highest BCUT2D eigenvalue weighted by atomic mass is 35.5. The summed E-state index contributed by atoms with van der Waals surface area (Å²) in [6, 6.07) is 10.6. The van der Waals surface area contributed by atoms with Gasteiger partial charge < -0.3 is 4.74 Å². The molecule has 0 atom stereocenters. The molecule has 4 nitrogen and oxygen atoms in total. The fourth-order valence-electron chi connectivity index (χ4n) is 1.70. The molecule has 1 heterocycles. The van der Waals surface area contributed by atoms with E-state index in [1.807, 2.05) is 6.07 Å². The van der Waals surface area contributed by atoms with Gasteiger partial charge in [-0.2, -0.15) is 10.5 Å². The predicted octanol–water partition coefficient (Wildman–Crippen LogP) is 3.15. The lowest BCUT2D eigenvalue weighted by molar-refractivity contribution is 0.398. The molecule has 1 aromatic heterocycles. The second-order valence-corrected chi connectivity index (χ2v) is 4.12. The molecule has 2 rings (SSSR count). The number of nitriles is 2. The standard InChI is InChI=1S/C14H8ClN3O/c1-19-14-5-13(10(7-17)8-18-14)12-4-11(15)3-2-9(12)6-16/h2-5,8H,1H3. The van der Waals surface area contributed by atoms with Gasteiger partial charge in [0.2, 0.25) is 5.88 Å². The first kappa shape index (κ1) is 12.9. The van der Waals surface area contributed by atoms with Gasteiger partial charge in [-0.05, 0) is 18.2 Å². The first-order chi connectivity index (χ1) is 9.19. The number of hydrogen-bond donors (Lipinski definition) is 0. The van der Waals surface area contributed by atoms with Crippen molar-refractivity contribution in [3.05, 3.63) is 46.6 Å². The van der Waals surface area contributed by atoms with Crippen molar-refractivity contribution in [2.24, 2.45) is 0 Å². The van der Waals surface area contributed by atoms with Crippen molar-refractivity contribution < 1.29 is 4.74 Å². The third-order valence-corrected chi connectivity index (χ3v) is 2.84. The molecule has 0 radical (unpaired) electrons. The molecule has 0 aliphatic heterocycles. The van der Waals surface area contributed by atoms with Gasteiger partial charge in [-0.25, -0.2) is 4.98 Å². The number of methoxy groups -OCH3 is 1. The Hall–Kier alpha value is -2.56. The van der Waals surface area contributed by atoms with Gasteiger partial charge in [0.05, 0.1) is 24.3 Å². The molecule has 0 fully saturated rings. The minimum Gasteiger partial charge on any atom is -0.481 e. The molecule has 0 amide bonds. The van der Waals surface area contributed by atoms with Crippen molar-refractivity contribution in [1.82, 2.24) is 4.98 Å². The molecule has 19 heavy (non-hydrogen) atoms. The summed E-state index contributed by atoms with van der Waals surface area (Å²) in [6.45, 7) is 0. The number of rotatable bonds is 2. The normalized spacial score (nSPS) is 9.47. The van der Waals surface area contributed by atoms with Crippen LogP contribution in [0.2, 0.25) is 5.02 Å². The minimum absolute atomic E-state index is 0.361. The minimum atomic E-state index is 0.361. The fraction of sp³-hybridized carbons (Fsp3) is 0.0714. The molecule has 0 N–H and O–H groups in total. The second kappa shape index (κ2) is 5.39. The SMILES string of the molecule is COc1cc(-c2cc(Cl)ccc2C#N)c(C#N)cn1. The average molecular weight is 270 g/mol. The third kappa shape index (κ3) is 2.49. The Labute approximate surface area is 115 Å². The largest absolute Gasteiger partial charge is 0.481 e. The highest BCUT2D eigenvalue weighted by molar-refractivity contribution is 6.31. The molecule has 5 heteroatoms. The van der Waals surface area contributed by atoms with Gasteiger partial charge in [-0.1, -0.05) is 11.6 Å². The fourth-order valence-corrected chi connectivity index (χ4v) is 1.87. The summed E-state index contributed by atoms with van der Waals surface area (Å²) in [6.07, 6.45) is 1.41. The zero-order chi connectivity index (χ0) is 13.8. The maximum absolute atomic E-state index is 9.14. The van der Waals surface area contributed by atoms with Crippen LogP contribution < -0.4 is 4.74 Å². The molecule has 0 aliphatic carbocycles. The van der Waals surface area contributed by atoms with Crippen molar-refractivity contribution in [3.8, 4) is 29.1 Å². The summed E-state index contributed by atoms with van der Waals surface area (Å²) in [7, 11) is 1.49. The highest BCUT2D eigenvalue weighted by Gasteiger charge is 2.12. The molecule has 0 saturated carbocycles. The van der Waals surface area contributed by atoms with Gasteiger partial charge in [0.1, 0.15) is 6.07 Å². The predicted molar refractivity (Wildman–Crippen MR) is 70.7 cm³/mol. The maximum Gasteiger partial charge on any atom is 0.213 e. The summed E-state index contributed by atoms with van der Waals surface area (Å²) in [5.41, 5.74) is 1.97. The van der Waals surface area contributed by atoms with E-state index >= 15 is 0 Å². The second-order valence-electron chi connectivity index (χ2n) is 3.69. The molecule has 2 aromatic rings. The Morgan fingerprint density at radius 1 is 1.11 bits per heavy atom. The number of hydrogen-bond acceptors (Lipinski definition) is 4. The molecule has 0 spiro atoms. The Morgan fingerprint density at radius 2 is 1.79 bits per heavy atom. The zero-order valence-corrected chi connectivity index (χ0v) is 10.8. The van der Waals surface area contributed by atoms with Crippen LogP contribution in [-0.4, -0.2) is 12.1 Å². The summed E-state index contributed by atoms with van der Waals surface area (Å²) >= 11 is 5.95. The van der Waals surface area contributed by atoms with Gasteiger partial charge in [0.15, 0.2) is 0 Å². The van der Waals surface area contributed by atoms with Crippen LogP contribution in [0.15, 0.2) is 30.5 Å². The van der Waals surface area contributed by atoms with E-state index in [0.717, 1.165) is 0 Å². The zero-order valence-electron chi connectivity index (χ0n) is 10.0. The first-order valence-corrected chi connectivity index (χ1v) is 5.71. The van der Waals surface area contributed by atoms with E-state index in [0.29, 0.717) is 33.2 Å². The van der Waals surface area contributed by atoms with E-state index in [-0.39, 0.29) is 0 Å². The van der Waals surface area contributed by atoms with E-state index in [1.165, 1.54) is 13.3 Å². The van der Waals surface area contributed by atoms with Crippen LogP contribution in [0.25, 0.3) is 11.1 Å². The Balaban J connectivity index is 2.74. The van der Waals surface area contributed by atoms with Crippen LogP contribution in [0.1, 0.15) is 11.1 Å². The summed E-state index contributed by atoms with van der Waals surface area (Å²) < 4.78 is 5.04. The number of halogens is 1. The van der Waals surface area contributed by atoms with Crippen LogP contribution in [0.5, 0.6) is 5.88 Å². The van der Waals surface area contributed by atoms with E-state index in [2.05, 4.69) is 11.1 Å². The van der Waals surface area contributed by atoms with Gasteiger partial charge in [0.25, 0.3) is 0 Å². The summed E-state index contributed by atoms with van der Waals surface area (Å²) in [5.74, 6) is 0.373.